The largest absolute Gasteiger partial charge is 0.381 e. The van der Waals surface area contributed by atoms with Gasteiger partial charge in [0.15, 0.2) is 0 Å². The van der Waals surface area contributed by atoms with Crippen LogP contribution in [0, 0.1) is 5.82 Å². The Bertz CT molecular complexity index is 733. The Labute approximate surface area is 131 Å². The number of sulfonamides is 1. The average molecular weight is 373 g/mol. The van der Waals surface area contributed by atoms with Gasteiger partial charge in [-0.25, -0.2) is 17.5 Å². The molecule has 112 valence electrons. The van der Waals surface area contributed by atoms with E-state index in [-0.39, 0.29) is 10.7 Å². The zero-order chi connectivity index (χ0) is 15.5. The second-order valence-corrected chi connectivity index (χ2v) is 7.06. The number of anilines is 1. The van der Waals surface area contributed by atoms with Crippen molar-refractivity contribution in [2.75, 3.05) is 12.4 Å². The quantitative estimate of drug-likeness (QED) is 0.847. The van der Waals surface area contributed by atoms with Gasteiger partial charge in [-0.3, -0.25) is 0 Å². The van der Waals surface area contributed by atoms with Gasteiger partial charge in [-0.15, -0.1) is 0 Å². The monoisotopic (exact) mass is 372 g/mol. The number of benzene rings is 2. The van der Waals surface area contributed by atoms with Crippen molar-refractivity contribution in [2.24, 2.45) is 0 Å². The number of hydrogen-bond donors (Lipinski definition) is 2. The SMILES string of the molecule is CNS(=O)(=O)c1ccc(NCc2cc(F)ccc2Br)cc1. The lowest BCUT2D eigenvalue weighted by Gasteiger charge is -2.09. The lowest BCUT2D eigenvalue weighted by molar-refractivity contribution is 0.588. The molecule has 0 aliphatic carbocycles. The minimum absolute atomic E-state index is 0.197. The number of hydrogen-bond acceptors (Lipinski definition) is 3. The minimum Gasteiger partial charge on any atom is -0.381 e. The van der Waals surface area contributed by atoms with Crippen molar-refractivity contribution in [1.82, 2.24) is 4.72 Å². The topological polar surface area (TPSA) is 58.2 Å². The predicted octanol–water partition coefficient (Wildman–Crippen LogP) is 3.11. The molecule has 0 aromatic heterocycles. The molecule has 21 heavy (non-hydrogen) atoms. The van der Waals surface area contributed by atoms with E-state index in [0.717, 1.165) is 15.7 Å². The lowest BCUT2D eigenvalue weighted by Crippen LogP contribution is -2.18. The highest BCUT2D eigenvalue weighted by atomic mass is 79.9. The van der Waals surface area contributed by atoms with E-state index in [9.17, 15) is 12.8 Å². The normalized spacial score (nSPS) is 11.4. The molecule has 0 bridgehead atoms. The molecule has 2 rings (SSSR count). The molecule has 2 aromatic carbocycles. The van der Waals surface area contributed by atoms with Crippen molar-refractivity contribution < 1.29 is 12.8 Å². The fourth-order valence-electron chi connectivity index (χ4n) is 1.75. The fraction of sp³-hybridized carbons (Fsp3) is 0.143. The molecule has 0 unspecified atom stereocenters. The first-order valence-electron chi connectivity index (χ1n) is 6.14. The Morgan fingerprint density at radius 1 is 1.14 bits per heavy atom. The van der Waals surface area contributed by atoms with Crippen LogP contribution in [-0.4, -0.2) is 15.5 Å². The van der Waals surface area contributed by atoms with E-state index in [2.05, 4.69) is 26.0 Å². The molecule has 0 spiro atoms. The molecule has 7 heteroatoms. The maximum absolute atomic E-state index is 13.2. The molecule has 2 aromatic rings. The van der Waals surface area contributed by atoms with E-state index in [1.807, 2.05) is 0 Å². The van der Waals surface area contributed by atoms with Crippen molar-refractivity contribution in [3.05, 3.63) is 58.3 Å². The molecular formula is C14H14BrFN2O2S. The Kier molecular flexibility index (Phi) is 4.97. The highest BCUT2D eigenvalue weighted by Crippen LogP contribution is 2.20. The van der Waals surface area contributed by atoms with Gasteiger partial charge in [-0.1, -0.05) is 15.9 Å². The minimum atomic E-state index is -3.43. The molecule has 0 aliphatic rings. The first-order valence-corrected chi connectivity index (χ1v) is 8.41. The van der Waals surface area contributed by atoms with Gasteiger partial charge in [0.1, 0.15) is 5.82 Å². The van der Waals surface area contributed by atoms with Gasteiger partial charge < -0.3 is 5.32 Å². The van der Waals surface area contributed by atoms with Crippen LogP contribution in [0.2, 0.25) is 0 Å². The standard InChI is InChI=1S/C14H14BrFN2O2S/c1-17-21(19,20)13-5-3-12(4-6-13)18-9-10-8-11(16)2-7-14(10)15/h2-8,17-18H,9H2,1H3. The van der Waals surface area contributed by atoms with E-state index >= 15 is 0 Å². The van der Waals surface area contributed by atoms with Crippen LogP contribution in [0.15, 0.2) is 51.8 Å². The summed E-state index contributed by atoms with van der Waals surface area (Å²) in [4.78, 5) is 0.197. The Morgan fingerprint density at radius 3 is 2.43 bits per heavy atom. The smallest absolute Gasteiger partial charge is 0.240 e. The summed E-state index contributed by atoms with van der Waals surface area (Å²) in [5.41, 5.74) is 1.53. The van der Waals surface area contributed by atoms with Crippen LogP contribution in [0.5, 0.6) is 0 Å². The van der Waals surface area contributed by atoms with Crippen LogP contribution in [-0.2, 0) is 16.6 Å². The highest BCUT2D eigenvalue weighted by Gasteiger charge is 2.10. The van der Waals surface area contributed by atoms with E-state index in [1.165, 1.54) is 31.3 Å². The maximum atomic E-state index is 13.2. The third-order valence-corrected chi connectivity index (χ3v) is 5.13. The second-order valence-electron chi connectivity index (χ2n) is 4.32. The maximum Gasteiger partial charge on any atom is 0.240 e. The van der Waals surface area contributed by atoms with Gasteiger partial charge in [0.25, 0.3) is 0 Å². The molecule has 0 radical (unpaired) electrons. The Hall–Kier alpha value is -1.44. The molecule has 0 amide bonds. The van der Waals surface area contributed by atoms with Crippen LogP contribution in [0.4, 0.5) is 10.1 Å². The molecule has 2 N–H and O–H groups in total. The lowest BCUT2D eigenvalue weighted by atomic mass is 10.2. The molecule has 0 saturated carbocycles. The van der Waals surface area contributed by atoms with E-state index in [1.54, 1.807) is 18.2 Å². The van der Waals surface area contributed by atoms with Crippen molar-refractivity contribution in [3.8, 4) is 0 Å². The third kappa shape index (κ3) is 4.03. The number of rotatable bonds is 5. The van der Waals surface area contributed by atoms with Gasteiger partial charge in [0.2, 0.25) is 10.0 Å². The van der Waals surface area contributed by atoms with Crippen molar-refractivity contribution >= 4 is 31.6 Å². The van der Waals surface area contributed by atoms with E-state index < -0.39 is 10.0 Å². The highest BCUT2D eigenvalue weighted by molar-refractivity contribution is 9.10. The van der Waals surface area contributed by atoms with E-state index in [4.69, 9.17) is 0 Å². The molecule has 0 heterocycles. The average Bonchev–Trinajstić information content (AvgIpc) is 2.48. The van der Waals surface area contributed by atoms with Crippen LogP contribution in [0.25, 0.3) is 0 Å². The number of halogens is 2. The fourth-order valence-corrected chi connectivity index (χ4v) is 2.86. The van der Waals surface area contributed by atoms with Gasteiger partial charge in [-0.2, -0.15) is 0 Å². The van der Waals surface area contributed by atoms with Crippen molar-refractivity contribution in [1.29, 1.82) is 0 Å². The van der Waals surface area contributed by atoms with Crippen LogP contribution < -0.4 is 10.0 Å². The third-order valence-electron chi connectivity index (χ3n) is 2.92. The van der Waals surface area contributed by atoms with Gasteiger partial charge in [0.05, 0.1) is 4.90 Å². The summed E-state index contributed by atoms with van der Waals surface area (Å²) in [6.07, 6.45) is 0. The first kappa shape index (κ1) is 15.9. The van der Waals surface area contributed by atoms with E-state index in [0.29, 0.717) is 6.54 Å². The first-order chi connectivity index (χ1) is 9.92. The predicted molar refractivity (Wildman–Crippen MR) is 84.1 cm³/mol. The number of nitrogens with one attached hydrogen (secondary N) is 2. The van der Waals surface area contributed by atoms with Gasteiger partial charge in [0, 0.05) is 16.7 Å². The Morgan fingerprint density at radius 2 is 1.81 bits per heavy atom. The summed E-state index contributed by atoms with van der Waals surface area (Å²) in [6, 6.07) is 10.8. The summed E-state index contributed by atoms with van der Waals surface area (Å²) in [7, 11) is -2.07. The summed E-state index contributed by atoms with van der Waals surface area (Å²) in [5, 5.41) is 3.11. The van der Waals surface area contributed by atoms with Gasteiger partial charge >= 0.3 is 0 Å². The van der Waals surface area contributed by atoms with Crippen LogP contribution >= 0.6 is 15.9 Å². The summed E-state index contributed by atoms with van der Waals surface area (Å²) < 4.78 is 39.4. The summed E-state index contributed by atoms with van der Waals surface area (Å²) >= 11 is 3.36. The second kappa shape index (κ2) is 6.55. The zero-order valence-corrected chi connectivity index (χ0v) is 13.6. The molecule has 0 saturated heterocycles. The molecule has 4 nitrogen and oxygen atoms in total. The summed E-state index contributed by atoms with van der Waals surface area (Å²) in [5.74, 6) is -0.300. The molecule has 0 aliphatic heterocycles. The molecule has 0 atom stereocenters. The van der Waals surface area contributed by atoms with Gasteiger partial charge in [-0.05, 0) is 55.1 Å². The molecule has 0 fully saturated rings. The van der Waals surface area contributed by atoms with Crippen molar-refractivity contribution in [2.45, 2.75) is 11.4 Å². The Balaban J connectivity index is 2.09. The molecular weight excluding hydrogens is 359 g/mol. The zero-order valence-electron chi connectivity index (χ0n) is 11.2. The van der Waals surface area contributed by atoms with Crippen molar-refractivity contribution in [3.63, 3.8) is 0 Å². The van der Waals surface area contributed by atoms with Crippen LogP contribution in [0.3, 0.4) is 0 Å². The summed E-state index contributed by atoms with van der Waals surface area (Å²) in [6.45, 7) is 0.427. The van der Waals surface area contributed by atoms with Crippen LogP contribution in [0.1, 0.15) is 5.56 Å².